The van der Waals surface area contributed by atoms with Crippen molar-refractivity contribution in [1.29, 1.82) is 0 Å². The first kappa shape index (κ1) is 11.5. The number of hydrogen-bond acceptors (Lipinski definition) is 3. The fourth-order valence-corrected chi connectivity index (χ4v) is 3.52. The quantitative estimate of drug-likeness (QED) is 0.823. The van der Waals surface area contributed by atoms with Crippen LogP contribution in [0, 0.1) is 0 Å². The molecule has 4 nitrogen and oxygen atoms in total. The van der Waals surface area contributed by atoms with Crippen LogP contribution in [0.4, 0.5) is 5.69 Å². The largest absolute Gasteiger partial charge is 0.366 e. The number of benzene rings is 1. The predicted octanol–water partition coefficient (Wildman–Crippen LogP) is 1.24. The highest BCUT2D eigenvalue weighted by Crippen LogP contribution is 2.39. The summed E-state index contributed by atoms with van der Waals surface area (Å²) in [6, 6.07) is 8.89. The molecule has 3 rings (SSSR count). The number of rotatable bonds is 2. The summed E-state index contributed by atoms with van der Waals surface area (Å²) in [6.07, 6.45) is 4.38. The van der Waals surface area contributed by atoms with E-state index in [2.05, 4.69) is 4.90 Å². The van der Waals surface area contributed by atoms with E-state index in [1.54, 1.807) is 0 Å². The SMILES string of the molecule is NC(=O)c1ccccc1N1C2CCC1CC(N)C2. The first-order valence-corrected chi connectivity index (χ1v) is 6.59. The van der Waals surface area contributed by atoms with Crippen molar-refractivity contribution in [2.45, 2.75) is 43.8 Å². The van der Waals surface area contributed by atoms with Crippen LogP contribution >= 0.6 is 0 Å². The van der Waals surface area contributed by atoms with Gasteiger partial charge in [0.2, 0.25) is 0 Å². The van der Waals surface area contributed by atoms with E-state index in [-0.39, 0.29) is 5.91 Å². The van der Waals surface area contributed by atoms with Gasteiger partial charge in [-0.3, -0.25) is 4.79 Å². The van der Waals surface area contributed by atoms with Crippen LogP contribution in [0.3, 0.4) is 0 Å². The summed E-state index contributed by atoms with van der Waals surface area (Å²) in [6.45, 7) is 0. The topological polar surface area (TPSA) is 72.4 Å². The van der Waals surface area contributed by atoms with Crippen molar-refractivity contribution in [1.82, 2.24) is 0 Å². The lowest BCUT2D eigenvalue weighted by Crippen LogP contribution is -2.48. The zero-order chi connectivity index (χ0) is 12.7. The van der Waals surface area contributed by atoms with E-state index in [1.165, 1.54) is 12.8 Å². The van der Waals surface area contributed by atoms with Gasteiger partial charge >= 0.3 is 0 Å². The van der Waals surface area contributed by atoms with Crippen molar-refractivity contribution in [2.75, 3.05) is 4.90 Å². The molecule has 0 aromatic heterocycles. The molecule has 96 valence electrons. The number of carbonyl (C=O) groups excluding carboxylic acids is 1. The Bertz CT molecular complexity index is 460. The Morgan fingerprint density at radius 1 is 1.17 bits per heavy atom. The van der Waals surface area contributed by atoms with Gasteiger partial charge in [0, 0.05) is 23.8 Å². The summed E-state index contributed by atoms with van der Waals surface area (Å²) in [5.74, 6) is -0.347. The molecule has 1 aromatic rings. The molecule has 2 aliphatic rings. The van der Waals surface area contributed by atoms with E-state index >= 15 is 0 Å². The van der Waals surface area contributed by atoms with E-state index in [1.807, 2.05) is 24.3 Å². The van der Waals surface area contributed by atoms with Gasteiger partial charge in [0.25, 0.3) is 5.91 Å². The van der Waals surface area contributed by atoms with Gasteiger partial charge in [-0.05, 0) is 37.8 Å². The Balaban J connectivity index is 1.99. The number of fused-ring (bicyclic) bond motifs is 2. The van der Waals surface area contributed by atoms with Gasteiger partial charge in [-0.2, -0.15) is 0 Å². The van der Waals surface area contributed by atoms with E-state index in [0.717, 1.165) is 18.5 Å². The van der Waals surface area contributed by atoms with Gasteiger partial charge in [0.15, 0.2) is 0 Å². The zero-order valence-corrected chi connectivity index (χ0v) is 10.4. The molecule has 1 amide bonds. The molecule has 2 heterocycles. The van der Waals surface area contributed by atoms with Crippen molar-refractivity contribution in [3.63, 3.8) is 0 Å². The third-order valence-corrected chi connectivity index (χ3v) is 4.22. The molecular formula is C14H19N3O. The lowest BCUT2D eigenvalue weighted by molar-refractivity contribution is 0.100. The van der Waals surface area contributed by atoms with E-state index < -0.39 is 0 Å². The normalized spacial score (nSPS) is 30.5. The lowest BCUT2D eigenvalue weighted by Gasteiger charge is -2.40. The van der Waals surface area contributed by atoms with Gasteiger partial charge in [0.05, 0.1) is 5.56 Å². The highest BCUT2D eigenvalue weighted by atomic mass is 16.1. The Kier molecular flexibility index (Phi) is 2.74. The van der Waals surface area contributed by atoms with Crippen molar-refractivity contribution < 1.29 is 4.79 Å². The third kappa shape index (κ3) is 1.77. The molecule has 4 N–H and O–H groups in total. The molecule has 2 fully saturated rings. The van der Waals surface area contributed by atoms with Crippen molar-refractivity contribution >= 4 is 11.6 Å². The maximum absolute atomic E-state index is 11.5. The van der Waals surface area contributed by atoms with Crippen molar-refractivity contribution in [2.24, 2.45) is 11.5 Å². The number of anilines is 1. The minimum Gasteiger partial charge on any atom is -0.366 e. The Labute approximate surface area is 107 Å². The first-order valence-electron chi connectivity index (χ1n) is 6.59. The molecule has 2 bridgehead atoms. The zero-order valence-electron chi connectivity index (χ0n) is 10.4. The fraction of sp³-hybridized carbons (Fsp3) is 0.500. The van der Waals surface area contributed by atoms with Crippen LogP contribution < -0.4 is 16.4 Å². The average molecular weight is 245 g/mol. The van der Waals surface area contributed by atoms with Gasteiger partial charge in [-0.25, -0.2) is 0 Å². The van der Waals surface area contributed by atoms with E-state index in [9.17, 15) is 4.79 Å². The second-order valence-corrected chi connectivity index (χ2v) is 5.41. The minimum atomic E-state index is -0.347. The van der Waals surface area contributed by atoms with Crippen LogP contribution in [0.5, 0.6) is 0 Å². The number of hydrogen-bond donors (Lipinski definition) is 2. The van der Waals surface area contributed by atoms with Crippen LogP contribution in [0.2, 0.25) is 0 Å². The highest BCUT2D eigenvalue weighted by molar-refractivity contribution is 5.98. The summed E-state index contributed by atoms with van der Waals surface area (Å²) in [5.41, 5.74) is 13.2. The summed E-state index contributed by atoms with van der Waals surface area (Å²) >= 11 is 0. The van der Waals surface area contributed by atoms with E-state index in [0.29, 0.717) is 23.7 Å². The summed E-state index contributed by atoms with van der Waals surface area (Å²) < 4.78 is 0. The molecule has 0 saturated carbocycles. The van der Waals surface area contributed by atoms with Gasteiger partial charge in [-0.15, -0.1) is 0 Å². The second kappa shape index (κ2) is 4.28. The standard InChI is InChI=1S/C14H19N3O/c15-9-7-10-5-6-11(8-9)17(10)13-4-2-1-3-12(13)14(16)18/h1-4,9-11H,5-8,15H2,(H2,16,18). The fourth-order valence-electron chi connectivity index (χ4n) is 3.52. The molecule has 0 spiro atoms. The number of piperidine rings is 1. The van der Waals surface area contributed by atoms with Crippen LogP contribution in [-0.4, -0.2) is 24.0 Å². The highest BCUT2D eigenvalue weighted by Gasteiger charge is 2.40. The maximum Gasteiger partial charge on any atom is 0.250 e. The first-order chi connectivity index (χ1) is 8.66. The molecule has 2 unspecified atom stereocenters. The summed E-state index contributed by atoms with van der Waals surface area (Å²) in [7, 11) is 0. The summed E-state index contributed by atoms with van der Waals surface area (Å²) in [4.78, 5) is 13.9. The van der Waals surface area contributed by atoms with Crippen molar-refractivity contribution in [3.8, 4) is 0 Å². The molecule has 2 aliphatic heterocycles. The molecular weight excluding hydrogens is 226 g/mol. The second-order valence-electron chi connectivity index (χ2n) is 5.41. The number of para-hydroxylation sites is 1. The number of amides is 1. The summed E-state index contributed by atoms with van der Waals surface area (Å²) in [5, 5.41) is 0. The Morgan fingerprint density at radius 2 is 1.78 bits per heavy atom. The smallest absolute Gasteiger partial charge is 0.250 e. The number of nitrogens with zero attached hydrogens (tertiary/aromatic N) is 1. The molecule has 1 aromatic carbocycles. The monoisotopic (exact) mass is 245 g/mol. The predicted molar refractivity (Wildman–Crippen MR) is 71.5 cm³/mol. The molecule has 18 heavy (non-hydrogen) atoms. The van der Waals surface area contributed by atoms with Crippen LogP contribution in [0.15, 0.2) is 24.3 Å². The number of primary amides is 1. The molecule has 0 radical (unpaired) electrons. The molecule has 2 saturated heterocycles. The van der Waals surface area contributed by atoms with E-state index in [4.69, 9.17) is 11.5 Å². The van der Waals surface area contributed by atoms with Crippen LogP contribution in [-0.2, 0) is 0 Å². The number of carbonyl (C=O) groups is 1. The lowest BCUT2D eigenvalue weighted by atomic mass is 9.96. The average Bonchev–Trinajstić information content (AvgIpc) is 2.61. The van der Waals surface area contributed by atoms with Crippen molar-refractivity contribution in [3.05, 3.63) is 29.8 Å². The Hall–Kier alpha value is -1.55. The van der Waals surface area contributed by atoms with Crippen LogP contribution in [0.25, 0.3) is 0 Å². The van der Waals surface area contributed by atoms with Gasteiger partial charge in [-0.1, -0.05) is 12.1 Å². The van der Waals surface area contributed by atoms with Gasteiger partial charge in [0.1, 0.15) is 0 Å². The molecule has 2 atom stereocenters. The minimum absolute atomic E-state index is 0.305. The maximum atomic E-state index is 11.5. The Morgan fingerprint density at radius 3 is 2.39 bits per heavy atom. The third-order valence-electron chi connectivity index (χ3n) is 4.22. The van der Waals surface area contributed by atoms with Crippen LogP contribution in [0.1, 0.15) is 36.0 Å². The van der Waals surface area contributed by atoms with Gasteiger partial charge < -0.3 is 16.4 Å². The molecule has 4 heteroatoms. The number of nitrogens with two attached hydrogens (primary N) is 2. The molecule has 0 aliphatic carbocycles.